The Hall–Kier alpha value is -7.01. The topological polar surface area (TPSA) is 0 Å². The number of hydrogen-bond acceptors (Lipinski definition) is 0. The molecular weight excluding hydrogens is 1240 g/mol. The summed E-state index contributed by atoms with van der Waals surface area (Å²) in [6.07, 6.45) is 21.4. The second kappa shape index (κ2) is 35.0. The van der Waals surface area contributed by atoms with Crippen LogP contribution < -0.4 is 24.8 Å². The molecule has 0 N–H and O–H groups in total. The number of hydrogen-bond donors (Lipinski definition) is 0. The summed E-state index contributed by atoms with van der Waals surface area (Å²) in [4.78, 5) is 0. The predicted molar refractivity (Wildman–Crippen MR) is 357 cm³/mol. The minimum atomic E-state index is 0. The van der Waals surface area contributed by atoms with Crippen LogP contribution >= 0.6 is 0 Å². The molecular formula is C82H72Cl2Zr2-2. The van der Waals surface area contributed by atoms with Gasteiger partial charge < -0.3 is 24.8 Å². The van der Waals surface area contributed by atoms with Crippen LogP contribution in [0.25, 0.3) is 54.2 Å². The fourth-order valence-electron chi connectivity index (χ4n) is 10.3. The second-order valence-corrected chi connectivity index (χ2v) is 23.2. The van der Waals surface area contributed by atoms with Crippen LogP contribution in [0.3, 0.4) is 0 Å². The van der Waals surface area contributed by atoms with Crippen molar-refractivity contribution in [3.05, 3.63) is 359 Å². The molecule has 2 aliphatic carbocycles. The Bertz CT molecular complexity index is 3690. The van der Waals surface area contributed by atoms with Gasteiger partial charge in [-0.15, -0.1) is 127 Å². The molecule has 86 heavy (non-hydrogen) atoms. The van der Waals surface area contributed by atoms with E-state index in [1.807, 2.05) is 12.1 Å². The maximum absolute atomic E-state index is 3.28. The van der Waals surface area contributed by atoms with Gasteiger partial charge in [-0.2, -0.15) is 35.5 Å². The zero-order valence-corrected chi connectivity index (χ0v) is 56.1. The molecule has 0 bridgehead atoms. The van der Waals surface area contributed by atoms with E-state index in [0.29, 0.717) is 0 Å². The maximum atomic E-state index is 3.28. The van der Waals surface area contributed by atoms with E-state index in [2.05, 4.69) is 319 Å². The number of aryl methyl sites for hydroxylation is 4. The predicted octanol–water partition coefficient (Wildman–Crippen LogP) is 15.0. The summed E-state index contributed by atoms with van der Waals surface area (Å²) >= 11 is 2.92. The Labute approximate surface area is 554 Å². The number of rotatable bonds is 10. The van der Waals surface area contributed by atoms with Gasteiger partial charge in [-0.3, -0.25) is 0 Å². The van der Waals surface area contributed by atoms with Crippen molar-refractivity contribution in [1.29, 1.82) is 0 Å². The van der Waals surface area contributed by atoms with Crippen LogP contribution in [-0.2, 0) is 74.2 Å². The molecule has 0 radical (unpaired) electrons. The Morgan fingerprint density at radius 3 is 0.767 bits per heavy atom. The van der Waals surface area contributed by atoms with Gasteiger partial charge in [0.2, 0.25) is 0 Å². The molecule has 12 aromatic rings. The normalized spacial score (nSPS) is 11.6. The van der Waals surface area contributed by atoms with Crippen LogP contribution in [0.4, 0.5) is 0 Å². The standard InChI is InChI=1S/2C17H17.2C13H10.2C11H9.2ClH.2Zr/c2*1-3-12-5-7-16-14(9-12)11-15-10-13(4-2)6-8-17(15)16;2*1-3-7-12(8-4-1)11-13-9-5-2-6-10-13;2*1-2-6-10(7-3-1)11-8-4-5-9-11;;;;/h2*5-11H,3-4H2,1-2H3;2*1-10H;2*1-4,6-8H,5H2;2*1H;;/q2*-1;;;2*-1;;;2*+2/p-2. The van der Waals surface area contributed by atoms with Crippen LogP contribution in [0.5, 0.6) is 0 Å². The van der Waals surface area contributed by atoms with E-state index < -0.39 is 0 Å². The molecule has 0 saturated heterocycles. The monoisotopic (exact) mass is 1310 g/mol. The van der Waals surface area contributed by atoms with Crippen molar-refractivity contribution in [2.45, 2.75) is 66.2 Å². The first kappa shape index (κ1) is 66.5. The summed E-state index contributed by atoms with van der Waals surface area (Å²) in [7, 11) is 0. The van der Waals surface area contributed by atoms with Gasteiger partial charge in [0.1, 0.15) is 0 Å². The molecule has 0 heterocycles. The average molecular weight is 1310 g/mol. The molecule has 0 aliphatic heterocycles. The van der Waals surface area contributed by atoms with Crippen LogP contribution in [0.15, 0.2) is 291 Å². The zero-order valence-electron chi connectivity index (χ0n) is 49.7. The van der Waals surface area contributed by atoms with Gasteiger partial charge in [-0.25, -0.2) is 0 Å². The summed E-state index contributed by atoms with van der Waals surface area (Å²) in [6, 6.07) is 94.9. The molecule has 2 aliphatic rings. The number of fused-ring (bicyclic) bond motifs is 6. The molecule has 0 aromatic heterocycles. The van der Waals surface area contributed by atoms with Gasteiger partial charge >= 0.3 is 198 Å². The van der Waals surface area contributed by atoms with Gasteiger partial charge in [-0.1, -0.05) is 148 Å². The summed E-state index contributed by atoms with van der Waals surface area (Å²) in [6.45, 7) is 8.83. The summed E-state index contributed by atoms with van der Waals surface area (Å²) < 4.78 is 2.83. The van der Waals surface area contributed by atoms with Crippen LogP contribution in [-0.4, -0.2) is 6.41 Å². The molecule has 0 unspecified atom stereocenters. The molecule has 12 aromatic carbocycles. The number of halogens is 2. The quantitative estimate of drug-likeness (QED) is 0.120. The van der Waals surface area contributed by atoms with Crippen molar-refractivity contribution in [2.75, 3.05) is 0 Å². The van der Waals surface area contributed by atoms with E-state index in [1.165, 1.54) is 165 Å². The number of allylic oxidation sites excluding steroid dienone is 8. The van der Waals surface area contributed by atoms with E-state index >= 15 is 0 Å². The average Bonchev–Trinajstić information content (AvgIpc) is 3.69. The first-order valence-corrected chi connectivity index (χ1v) is 32.0. The zero-order chi connectivity index (χ0) is 58.3. The van der Waals surface area contributed by atoms with Crippen molar-refractivity contribution in [1.82, 2.24) is 0 Å². The molecule has 0 fully saturated rings. The van der Waals surface area contributed by atoms with Crippen molar-refractivity contribution >= 4 is 60.6 Å². The molecule has 0 nitrogen and oxygen atoms in total. The van der Waals surface area contributed by atoms with E-state index in [-0.39, 0.29) is 24.8 Å². The molecule has 0 atom stereocenters. The molecule has 4 heteroatoms. The Balaban J connectivity index is 0.000000148. The van der Waals surface area contributed by atoms with Crippen molar-refractivity contribution < 1.29 is 73.3 Å². The van der Waals surface area contributed by atoms with Crippen molar-refractivity contribution in [3.8, 4) is 0 Å². The fraction of sp³-hybridized carbons (Fsp3) is 0.122. The van der Waals surface area contributed by atoms with Gasteiger partial charge in [0.05, 0.1) is 0 Å². The summed E-state index contributed by atoms with van der Waals surface area (Å²) in [5.41, 5.74) is 16.0. The minimum absolute atomic E-state index is 0. The summed E-state index contributed by atoms with van der Waals surface area (Å²) in [5.74, 6) is 0. The third-order valence-corrected chi connectivity index (χ3v) is 17.9. The van der Waals surface area contributed by atoms with Crippen LogP contribution in [0.1, 0.15) is 96.2 Å². The number of benzene rings is 10. The van der Waals surface area contributed by atoms with Gasteiger partial charge in [0.15, 0.2) is 0 Å². The molecule has 424 valence electrons. The first-order valence-electron chi connectivity index (χ1n) is 29.6. The second-order valence-electron chi connectivity index (χ2n) is 20.7. The Kier molecular flexibility index (Phi) is 27.0. The van der Waals surface area contributed by atoms with Crippen molar-refractivity contribution in [3.63, 3.8) is 0 Å². The van der Waals surface area contributed by atoms with Crippen LogP contribution in [0, 0.1) is 12.2 Å². The SMILES string of the molecule is CCc1ccc2c(c1)[cH-]c1cc(CC)ccc12.CCc1ccc2c(c1)[cH-]c1cc(CC)ccc12.[C-]1=C(c2ccccc2)C=CC1.[C-]1=C(c2ccccc2)C=CC1.[Cl-].[Cl-].[Zr+2]=[C](c1ccccc1)c1ccccc1.[Zr+2]=[C](c1ccccc1)c1ccccc1. The van der Waals surface area contributed by atoms with Gasteiger partial charge in [0, 0.05) is 0 Å². The molecule has 0 saturated carbocycles. The van der Waals surface area contributed by atoms with Crippen molar-refractivity contribution in [2.24, 2.45) is 0 Å². The van der Waals surface area contributed by atoms with E-state index in [0.717, 1.165) is 38.5 Å². The molecule has 0 spiro atoms. The van der Waals surface area contributed by atoms with E-state index in [4.69, 9.17) is 0 Å². The Morgan fingerprint density at radius 2 is 0.558 bits per heavy atom. The fourth-order valence-corrected chi connectivity index (χ4v) is 12.0. The molecule has 0 amide bonds. The van der Waals surface area contributed by atoms with Gasteiger partial charge in [0.25, 0.3) is 0 Å². The third-order valence-electron chi connectivity index (χ3n) is 15.1. The summed E-state index contributed by atoms with van der Waals surface area (Å²) in [5, 5.41) is 11.1. The van der Waals surface area contributed by atoms with E-state index in [9.17, 15) is 0 Å². The van der Waals surface area contributed by atoms with Crippen LogP contribution in [0.2, 0.25) is 0 Å². The Morgan fingerprint density at radius 1 is 0.326 bits per heavy atom. The van der Waals surface area contributed by atoms with Gasteiger partial charge in [-0.05, 0) is 25.7 Å². The third kappa shape index (κ3) is 18.5. The van der Waals surface area contributed by atoms with E-state index in [1.54, 1.807) is 0 Å². The first-order chi connectivity index (χ1) is 41.3. The molecule has 14 rings (SSSR count).